The summed E-state index contributed by atoms with van der Waals surface area (Å²) in [5.74, 6) is -1.13. The van der Waals surface area contributed by atoms with Gasteiger partial charge in [0.1, 0.15) is 22.2 Å². The monoisotopic (exact) mass is 484 g/mol. The number of aromatic nitrogens is 2. The molecule has 0 radical (unpaired) electrons. The van der Waals surface area contributed by atoms with Crippen LogP contribution in [-0.2, 0) is 21.9 Å². The van der Waals surface area contributed by atoms with Gasteiger partial charge in [0, 0.05) is 56.9 Å². The molecule has 0 unspecified atom stereocenters. The molecule has 0 bridgehead atoms. The van der Waals surface area contributed by atoms with Crippen LogP contribution >= 0.6 is 0 Å². The van der Waals surface area contributed by atoms with E-state index in [0.717, 1.165) is 29.8 Å². The summed E-state index contributed by atoms with van der Waals surface area (Å²) in [6.45, 7) is 4.51. The minimum absolute atomic E-state index is 0.0211. The van der Waals surface area contributed by atoms with Crippen LogP contribution < -0.4 is 5.73 Å². The smallest absolute Gasteiger partial charge is 0.265 e. The third-order valence-corrected chi connectivity index (χ3v) is 8.35. The summed E-state index contributed by atoms with van der Waals surface area (Å²) >= 11 is 0. The molecule has 3 heterocycles. The van der Waals surface area contributed by atoms with Gasteiger partial charge in [0.25, 0.3) is 11.8 Å². The minimum atomic E-state index is -3.85. The van der Waals surface area contributed by atoms with Gasteiger partial charge in [-0.15, -0.1) is 0 Å². The van der Waals surface area contributed by atoms with Gasteiger partial charge in [-0.25, -0.2) is 8.42 Å². The Morgan fingerprint density at radius 1 is 1.15 bits per heavy atom. The molecule has 1 saturated heterocycles. The Balaban J connectivity index is 1.47. The molecule has 2 aromatic rings. The van der Waals surface area contributed by atoms with Gasteiger partial charge in [-0.05, 0) is 50.5 Å². The number of nitriles is 1. The number of primary amides is 1. The Morgan fingerprint density at radius 3 is 2.32 bits per heavy atom. The number of piperazine rings is 1. The summed E-state index contributed by atoms with van der Waals surface area (Å²) in [5.41, 5.74) is 8.41. The summed E-state index contributed by atoms with van der Waals surface area (Å²) in [5, 5.41) is 9.66. The van der Waals surface area contributed by atoms with Gasteiger partial charge in [0.05, 0.1) is 0 Å². The highest BCUT2D eigenvalue weighted by Crippen LogP contribution is 2.38. The number of carbonyl (C=O) groups excluding carboxylic acids is 2. The predicted molar refractivity (Wildman–Crippen MR) is 125 cm³/mol. The fourth-order valence-electron chi connectivity index (χ4n) is 4.51. The summed E-state index contributed by atoms with van der Waals surface area (Å²) in [6, 6.07) is 5.76. The van der Waals surface area contributed by atoms with Gasteiger partial charge in [-0.2, -0.15) is 9.57 Å². The first-order valence-corrected chi connectivity index (χ1v) is 12.5. The molecule has 10 nitrogen and oxygen atoms in total. The van der Waals surface area contributed by atoms with Crippen molar-refractivity contribution in [1.29, 1.82) is 5.26 Å². The zero-order valence-electron chi connectivity index (χ0n) is 19.5. The van der Waals surface area contributed by atoms with Crippen LogP contribution in [0.2, 0.25) is 0 Å². The van der Waals surface area contributed by atoms with Crippen molar-refractivity contribution >= 4 is 27.9 Å². The zero-order chi connectivity index (χ0) is 24.8. The van der Waals surface area contributed by atoms with Crippen molar-refractivity contribution in [3.8, 4) is 6.07 Å². The minimum Gasteiger partial charge on any atom is -0.364 e. The van der Waals surface area contributed by atoms with Crippen LogP contribution in [0.15, 0.2) is 28.8 Å². The number of carbonyl (C=O) groups is 2. The zero-order valence-corrected chi connectivity index (χ0v) is 20.3. The molecule has 2 fully saturated rings. The number of nitrogens with zero attached hydrogens (tertiary/aromatic N) is 5. The van der Waals surface area contributed by atoms with Crippen molar-refractivity contribution < 1.29 is 18.0 Å². The van der Waals surface area contributed by atoms with E-state index in [2.05, 4.69) is 4.57 Å². The third-order valence-electron chi connectivity index (χ3n) is 6.48. The standard InChI is InChI=1S/C23H28N6O4S/c1-15-10-17(16(2)29(15)19-4-5-19)11-18(13-24)23(31)27-6-8-28(9-7-27)34(32,33)20-12-21(22(25)30)26(3)14-20/h10-12,14,19H,4-9H2,1-3H3,(H2,25,30)/b18-11+. The lowest BCUT2D eigenvalue weighted by molar-refractivity contribution is -0.127. The number of sulfonamides is 1. The van der Waals surface area contributed by atoms with Crippen LogP contribution in [0.3, 0.4) is 0 Å². The van der Waals surface area contributed by atoms with Gasteiger partial charge < -0.3 is 19.8 Å². The molecule has 0 atom stereocenters. The Morgan fingerprint density at radius 2 is 1.79 bits per heavy atom. The number of aryl methyl sites for hydroxylation is 2. The van der Waals surface area contributed by atoms with E-state index in [1.165, 1.54) is 26.0 Å². The second-order valence-corrected chi connectivity index (χ2v) is 10.8. The van der Waals surface area contributed by atoms with E-state index in [4.69, 9.17) is 5.73 Å². The van der Waals surface area contributed by atoms with Crippen LogP contribution in [0.4, 0.5) is 0 Å². The average Bonchev–Trinajstić information content (AvgIpc) is 3.48. The number of nitrogens with two attached hydrogens (primary N) is 1. The largest absolute Gasteiger partial charge is 0.364 e. The summed E-state index contributed by atoms with van der Waals surface area (Å²) in [4.78, 5) is 26.0. The predicted octanol–water partition coefficient (Wildman–Crippen LogP) is 1.32. The van der Waals surface area contributed by atoms with Crippen molar-refractivity contribution in [2.24, 2.45) is 12.8 Å². The van der Waals surface area contributed by atoms with Crippen molar-refractivity contribution in [3.63, 3.8) is 0 Å². The molecule has 34 heavy (non-hydrogen) atoms. The van der Waals surface area contributed by atoms with Crippen molar-refractivity contribution in [3.05, 3.63) is 46.5 Å². The number of amides is 2. The molecule has 1 aliphatic carbocycles. The first-order valence-electron chi connectivity index (χ1n) is 11.1. The third kappa shape index (κ3) is 4.26. The normalized spacial score (nSPS) is 17.6. The van der Waals surface area contributed by atoms with Gasteiger partial charge in [-0.3, -0.25) is 9.59 Å². The number of rotatable bonds is 6. The average molecular weight is 485 g/mol. The molecule has 2 aliphatic rings. The first kappa shape index (κ1) is 23.8. The van der Waals surface area contributed by atoms with Crippen LogP contribution in [-0.4, -0.2) is 64.8 Å². The molecule has 0 aromatic carbocycles. The lowest BCUT2D eigenvalue weighted by Gasteiger charge is -2.33. The number of hydrogen-bond donors (Lipinski definition) is 1. The second-order valence-electron chi connectivity index (χ2n) is 8.83. The quantitative estimate of drug-likeness (QED) is 0.487. The van der Waals surface area contributed by atoms with Crippen molar-refractivity contribution in [2.45, 2.75) is 37.6 Å². The Hall–Kier alpha value is -3.36. The van der Waals surface area contributed by atoms with Crippen molar-refractivity contribution in [1.82, 2.24) is 18.3 Å². The topological polar surface area (TPSA) is 134 Å². The SMILES string of the molecule is Cc1cc(/C=C(\C#N)C(=O)N2CCN(S(=O)(=O)c3cc(C(N)=O)n(C)c3)CC2)c(C)n1C1CC1. The maximum Gasteiger partial charge on any atom is 0.265 e. The van der Waals surface area contributed by atoms with E-state index in [1.54, 1.807) is 13.1 Å². The molecule has 2 N–H and O–H groups in total. The van der Waals surface area contributed by atoms with Gasteiger partial charge in [0.2, 0.25) is 10.0 Å². The van der Waals surface area contributed by atoms with E-state index in [-0.39, 0.29) is 42.3 Å². The Kier molecular flexibility index (Phi) is 6.14. The molecule has 1 aliphatic heterocycles. The fraction of sp³-hybridized carbons (Fsp3) is 0.435. The number of hydrogen-bond acceptors (Lipinski definition) is 5. The van der Waals surface area contributed by atoms with Crippen LogP contribution in [0.1, 0.15) is 46.3 Å². The molecule has 2 aromatic heterocycles. The fourth-order valence-corrected chi connectivity index (χ4v) is 6.01. The highest BCUT2D eigenvalue weighted by atomic mass is 32.2. The van der Waals surface area contributed by atoms with Crippen molar-refractivity contribution in [2.75, 3.05) is 26.2 Å². The summed E-state index contributed by atoms with van der Waals surface area (Å²) < 4.78 is 30.9. The van der Waals surface area contributed by atoms with E-state index < -0.39 is 21.8 Å². The molecule has 180 valence electrons. The molecular formula is C23H28N6O4S. The molecule has 2 amide bonds. The Bertz CT molecular complexity index is 1330. The van der Waals surface area contributed by atoms with Crippen LogP contribution in [0, 0.1) is 25.2 Å². The molecule has 4 rings (SSSR count). The van der Waals surface area contributed by atoms with E-state index in [1.807, 2.05) is 26.0 Å². The highest BCUT2D eigenvalue weighted by molar-refractivity contribution is 7.89. The van der Waals surface area contributed by atoms with Gasteiger partial charge in [0.15, 0.2) is 0 Å². The first-order chi connectivity index (χ1) is 16.0. The van der Waals surface area contributed by atoms with E-state index >= 15 is 0 Å². The molecule has 11 heteroatoms. The lowest BCUT2D eigenvalue weighted by Crippen LogP contribution is -2.50. The maximum atomic E-state index is 13.0. The van der Waals surface area contributed by atoms with Crippen LogP contribution in [0.5, 0.6) is 0 Å². The van der Waals surface area contributed by atoms with E-state index in [9.17, 15) is 23.3 Å². The summed E-state index contributed by atoms with van der Waals surface area (Å²) in [7, 11) is -2.30. The second kappa shape index (κ2) is 8.77. The maximum absolute atomic E-state index is 13.0. The highest BCUT2D eigenvalue weighted by Gasteiger charge is 2.33. The molecule has 0 spiro atoms. The Labute approximate surface area is 198 Å². The van der Waals surface area contributed by atoms with Gasteiger partial charge in [-0.1, -0.05) is 0 Å². The molecular weight excluding hydrogens is 456 g/mol. The lowest BCUT2D eigenvalue weighted by atomic mass is 10.1. The van der Waals surface area contributed by atoms with E-state index in [0.29, 0.717) is 6.04 Å². The molecule has 1 saturated carbocycles. The van der Waals surface area contributed by atoms with Gasteiger partial charge >= 0.3 is 0 Å². The summed E-state index contributed by atoms with van der Waals surface area (Å²) in [6.07, 6.45) is 5.26. The van der Waals surface area contributed by atoms with Crippen LogP contribution in [0.25, 0.3) is 6.08 Å².